The van der Waals surface area contributed by atoms with Gasteiger partial charge in [-0.1, -0.05) is 36.4 Å². The first kappa shape index (κ1) is 21.8. The molecule has 26 heavy (non-hydrogen) atoms. The number of nitrogens with one attached hydrogen (secondary N) is 1. The Morgan fingerprint density at radius 2 is 1.77 bits per heavy atom. The molecular formula is C20H26ClNO4. The standard InChI is InChI=1S/C20H25NO4.ClH/c1-15(20(22)24-3)25-18-10-9-17(13-19(18)23-2)14-21-12-11-16-7-5-4-6-8-16;/h4-10,13,15,21H,11-12,14H2,1-3H3;1H. The molecule has 1 N–H and O–H groups in total. The molecule has 6 heteroatoms. The number of hydrogen-bond donors (Lipinski definition) is 1. The molecule has 0 fully saturated rings. The van der Waals surface area contributed by atoms with Crippen LogP contribution in [-0.4, -0.2) is 32.8 Å². The molecule has 0 bridgehead atoms. The molecule has 0 aliphatic carbocycles. The van der Waals surface area contributed by atoms with Crippen LogP contribution in [0.15, 0.2) is 48.5 Å². The minimum absolute atomic E-state index is 0. The summed E-state index contributed by atoms with van der Waals surface area (Å²) in [7, 11) is 2.92. The van der Waals surface area contributed by atoms with Crippen LogP contribution in [0.25, 0.3) is 0 Å². The lowest BCUT2D eigenvalue weighted by atomic mass is 10.1. The highest BCUT2D eigenvalue weighted by atomic mass is 35.5. The van der Waals surface area contributed by atoms with Gasteiger partial charge in [0.15, 0.2) is 17.6 Å². The van der Waals surface area contributed by atoms with Gasteiger partial charge in [-0.05, 0) is 43.1 Å². The van der Waals surface area contributed by atoms with Gasteiger partial charge in [-0.15, -0.1) is 12.4 Å². The van der Waals surface area contributed by atoms with Crippen LogP contribution >= 0.6 is 12.4 Å². The van der Waals surface area contributed by atoms with Crippen LogP contribution in [0, 0.1) is 0 Å². The molecule has 0 saturated heterocycles. The Balaban J connectivity index is 0.00000338. The van der Waals surface area contributed by atoms with Gasteiger partial charge in [0.2, 0.25) is 0 Å². The Kier molecular flexibility index (Phi) is 9.55. The van der Waals surface area contributed by atoms with Crippen molar-refractivity contribution in [1.82, 2.24) is 5.32 Å². The summed E-state index contributed by atoms with van der Waals surface area (Å²) in [5.41, 5.74) is 2.40. The molecule has 142 valence electrons. The van der Waals surface area contributed by atoms with E-state index in [0.29, 0.717) is 11.5 Å². The normalized spacial score (nSPS) is 11.2. The third kappa shape index (κ3) is 6.58. The lowest BCUT2D eigenvalue weighted by molar-refractivity contribution is -0.147. The summed E-state index contributed by atoms with van der Waals surface area (Å²) in [5, 5.41) is 3.42. The molecular weight excluding hydrogens is 354 g/mol. The Morgan fingerprint density at radius 3 is 2.42 bits per heavy atom. The SMILES string of the molecule is COC(=O)C(C)Oc1ccc(CNCCc2ccccc2)cc1OC.Cl. The smallest absolute Gasteiger partial charge is 0.346 e. The lowest BCUT2D eigenvalue weighted by Crippen LogP contribution is -2.25. The maximum absolute atomic E-state index is 11.5. The molecule has 0 spiro atoms. The second-order valence-corrected chi connectivity index (χ2v) is 5.68. The van der Waals surface area contributed by atoms with Crippen LogP contribution in [0.4, 0.5) is 0 Å². The van der Waals surface area contributed by atoms with Gasteiger partial charge in [0.1, 0.15) is 0 Å². The quantitative estimate of drug-likeness (QED) is 0.534. The first-order valence-corrected chi connectivity index (χ1v) is 8.30. The van der Waals surface area contributed by atoms with Crippen molar-refractivity contribution < 1.29 is 19.0 Å². The summed E-state index contributed by atoms with van der Waals surface area (Å²) in [6.45, 7) is 3.27. The first-order valence-electron chi connectivity index (χ1n) is 8.30. The number of rotatable bonds is 9. The molecule has 0 heterocycles. The van der Waals surface area contributed by atoms with Gasteiger partial charge in [0.05, 0.1) is 14.2 Å². The Hall–Kier alpha value is -2.24. The zero-order chi connectivity index (χ0) is 18.1. The Morgan fingerprint density at radius 1 is 1.04 bits per heavy atom. The van der Waals surface area contributed by atoms with Crippen LogP contribution < -0.4 is 14.8 Å². The number of carbonyl (C=O) groups excluding carboxylic acids is 1. The van der Waals surface area contributed by atoms with Gasteiger partial charge in [-0.2, -0.15) is 0 Å². The fraction of sp³-hybridized carbons (Fsp3) is 0.350. The van der Waals surface area contributed by atoms with Crippen molar-refractivity contribution in [2.75, 3.05) is 20.8 Å². The molecule has 0 radical (unpaired) electrons. The average Bonchev–Trinajstić information content (AvgIpc) is 2.66. The maximum Gasteiger partial charge on any atom is 0.346 e. The summed E-state index contributed by atoms with van der Waals surface area (Å²) < 4.78 is 15.6. The summed E-state index contributed by atoms with van der Waals surface area (Å²) in [6, 6.07) is 16.0. The molecule has 1 atom stereocenters. The number of benzene rings is 2. The van der Waals surface area contributed by atoms with E-state index in [1.54, 1.807) is 14.0 Å². The van der Waals surface area contributed by atoms with E-state index in [4.69, 9.17) is 9.47 Å². The van der Waals surface area contributed by atoms with Crippen molar-refractivity contribution in [3.05, 3.63) is 59.7 Å². The summed E-state index contributed by atoms with van der Waals surface area (Å²) in [4.78, 5) is 11.5. The van der Waals surface area contributed by atoms with Crippen molar-refractivity contribution in [2.24, 2.45) is 0 Å². The number of halogens is 1. The molecule has 0 aromatic heterocycles. The highest BCUT2D eigenvalue weighted by Gasteiger charge is 2.17. The summed E-state index contributed by atoms with van der Waals surface area (Å²) in [6.07, 6.45) is 0.296. The number of esters is 1. The highest BCUT2D eigenvalue weighted by Crippen LogP contribution is 2.29. The third-order valence-corrected chi connectivity index (χ3v) is 3.83. The van der Waals surface area contributed by atoms with Gasteiger partial charge in [-0.25, -0.2) is 4.79 Å². The van der Waals surface area contributed by atoms with E-state index in [0.717, 1.165) is 25.1 Å². The Bertz CT molecular complexity index is 679. The van der Waals surface area contributed by atoms with Crippen molar-refractivity contribution in [3.8, 4) is 11.5 Å². The van der Waals surface area contributed by atoms with Gasteiger partial charge in [0, 0.05) is 6.54 Å². The summed E-state index contributed by atoms with van der Waals surface area (Å²) >= 11 is 0. The fourth-order valence-corrected chi connectivity index (χ4v) is 2.43. The van der Waals surface area contributed by atoms with E-state index in [2.05, 4.69) is 22.2 Å². The predicted octanol–water partition coefficient (Wildman–Crippen LogP) is 3.39. The van der Waals surface area contributed by atoms with Crippen LogP contribution in [0.5, 0.6) is 11.5 Å². The number of hydrogen-bond acceptors (Lipinski definition) is 5. The zero-order valence-corrected chi connectivity index (χ0v) is 16.2. The average molecular weight is 380 g/mol. The van der Waals surface area contributed by atoms with Crippen molar-refractivity contribution >= 4 is 18.4 Å². The molecule has 0 aliphatic heterocycles. The van der Waals surface area contributed by atoms with Crippen LogP contribution in [0.2, 0.25) is 0 Å². The first-order chi connectivity index (χ1) is 12.1. The third-order valence-electron chi connectivity index (χ3n) is 3.83. The monoisotopic (exact) mass is 379 g/mol. The minimum atomic E-state index is -0.686. The van der Waals surface area contributed by atoms with Crippen molar-refractivity contribution in [1.29, 1.82) is 0 Å². The van der Waals surface area contributed by atoms with Crippen LogP contribution in [0.1, 0.15) is 18.1 Å². The highest BCUT2D eigenvalue weighted by molar-refractivity contribution is 5.85. The Labute approximate surface area is 161 Å². The molecule has 5 nitrogen and oxygen atoms in total. The second kappa shape index (κ2) is 11.4. The molecule has 0 saturated carbocycles. The molecule has 0 amide bonds. The largest absolute Gasteiger partial charge is 0.493 e. The van der Waals surface area contributed by atoms with Gasteiger partial charge in [-0.3, -0.25) is 0 Å². The van der Waals surface area contributed by atoms with Gasteiger partial charge >= 0.3 is 5.97 Å². The van der Waals surface area contributed by atoms with Gasteiger partial charge < -0.3 is 19.5 Å². The van der Waals surface area contributed by atoms with E-state index in [1.165, 1.54) is 12.7 Å². The van der Waals surface area contributed by atoms with Crippen LogP contribution in [-0.2, 0) is 22.5 Å². The predicted molar refractivity (Wildman–Crippen MR) is 104 cm³/mol. The fourth-order valence-electron chi connectivity index (χ4n) is 2.43. The van der Waals surface area contributed by atoms with Gasteiger partial charge in [0.25, 0.3) is 0 Å². The van der Waals surface area contributed by atoms with E-state index in [-0.39, 0.29) is 12.4 Å². The topological polar surface area (TPSA) is 56.8 Å². The maximum atomic E-state index is 11.5. The number of carbonyl (C=O) groups is 1. The van der Waals surface area contributed by atoms with Crippen molar-refractivity contribution in [2.45, 2.75) is 26.0 Å². The van der Waals surface area contributed by atoms with Crippen molar-refractivity contribution in [3.63, 3.8) is 0 Å². The molecule has 2 rings (SSSR count). The van der Waals surface area contributed by atoms with E-state index >= 15 is 0 Å². The molecule has 1 unspecified atom stereocenters. The van der Waals surface area contributed by atoms with E-state index < -0.39 is 12.1 Å². The molecule has 2 aromatic carbocycles. The summed E-state index contributed by atoms with van der Waals surface area (Å²) in [5.74, 6) is 0.695. The number of methoxy groups -OCH3 is 2. The van der Waals surface area contributed by atoms with E-state index in [1.807, 2.05) is 36.4 Å². The number of ether oxygens (including phenoxy) is 3. The van der Waals surface area contributed by atoms with E-state index in [9.17, 15) is 4.79 Å². The lowest BCUT2D eigenvalue weighted by Gasteiger charge is -2.16. The van der Waals surface area contributed by atoms with Crippen LogP contribution in [0.3, 0.4) is 0 Å². The molecule has 2 aromatic rings. The molecule has 0 aliphatic rings. The second-order valence-electron chi connectivity index (χ2n) is 5.68. The minimum Gasteiger partial charge on any atom is -0.493 e. The zero-order valence-electron chi connectivity index (χ0n) is 15.4.